The topological polar surface area (TPSA) is 56.9 Å². The van der Waals surface area contributed by atoms with Gasteiger partial charge < -0.3 is 5.11 Å². The van der Waals surface area contributed by atoms with Crippen LogP contribution in [0.1, 0.15) is 34.8 Å². The summed E-state index contributed by atoms with van der Waals surface area (Å²) >= 11 is 8.14. The molecule has 3 heterocycles. The predicted octanol–water partition coefficient (Wildman–Crippen LogP) is 4.62. The Balaban J connectivity index is 1.44. The SMILES string of the molecule is CCc1nc2sc([C@@H](c3ccccc3Cl)N3CCN(Cc4ccccc4)CC3)c(O)n2n1. The largest absolute Gasteiger partial charge is 0.492 e. The minimum absolute atomic E-state index is 0.138. The van der Waals surface area contributed by atoms with Crippen LogP contribution in [0.5, 0.6) is 5.88 Å². The molecule has 0 aliphatic carbocycles. The molecule has 1 atom stereocenters. The van der Waals surface area contributed by atoms with Crippen LogP contribution < -0.4 is 0 Å². The Morgan fingerprint density at radius 1 is 1.03 bits per heavy atom. The summed E-state index contributed by atoms with van der Waals surface area (Å²) in [5.41, 5.74) is 2.33. The van der Waals surface area contributed by atoms with Crippen molar-refractivity contribution in [1.29, 1.82) is 0 Å². The van der Waals surface area contributed by atoms with Crippen LogP contribution in [-0.4, -0.2) is 55.7 Å². The predicted molar refractivity (Wildman–Crippen MR) is 128 cm³/mol. The minimum Gasteiger partial charge on any atom is -0.492 e. The highest BCUT2D eigenvalue weighted by atomic mass is 35.5. The Hall–Kier alpha value is -2.45. The van der Waals surface area contributed by atoms with Crippen LogP contribution in [0.25, 0.3) is 4.96 Å². The number of halogens is 1. The van der Waals surface area contributed by atoms with Crippen LogP contribution in [0.2, 0.25) is 5.02 Å². The quantitative estimate of drug-likeness (QED) is 0.448. The maximum atomic E-state index is 11.1. The highest BCUT2D eigenvalue weighted by Gasteiger charge is 2.32. The summed E-state index contributed by atoms with van der Waals surface area (Å²) in [5, 5.41) is 16.3. The first-order valence-corrected chi connectivity index (χ1v) is 12.2. The third kappa shape index (κ3) is 4.13. The van der Waals surface area contributed by atoms with Gasteiger partial charge in [-0.05, 0) is 17.2 Å². The molecule has 0 saturated carbocycles. The summed E-state index contributed by atoms with van der Waals surface area (Å²) in [4.78, 5) is 11.0. The number of piperazine rings is 1. The molecule has 8 heteroatoms. The fourth-order valence-electron chi connectivity index (χ4n) is 4.34. The molecular formula is C24H26ClN5OS. The van der Waals surface area contributed by atoms with E-state index in [1.807, 2.05) is 25.1 Å². The van der Waals surface area contributed by atoms with E-state index in [4.69, 9.17) is 11.6 Å². The lowest BCUT2D eigenvalue weighted by atomic mass is 10.0. The van der Waals surface area contributed by atoms with Gasteiger partial charge in [0.05, 0.1) is 10.9 Å². The fourth-order valence-corrected chi connectivity index (χ4v) is 5.71. The van der Waals surface area contributed by atoms with Crippen molar-refractivity contribution in [2.24, 2.45) is 0 Å². The number of aromatic hydroxyl groups is 1. The maximum Gasteiger partial charge on any atom is 0.230 e. The molecule has 32 heavy (non-hydrogen) atoms. The Labute approximate surface area is 196 Å². The molecule has 0 spiro atoms. The average Bonchev–Trinajstić information content (AvgIpc) is 3.36. The minimum atomic E-state index is -0.138. The van der Waals surface area contributed by atoms with E-state index in [2.05, 4.69) is 56.3 Å². The van der Waals surface area contributed by atoms with Crippen molar-refractivity contribution in [3.05, 3.63) is 81.4 Å². The second-order valence-corrected chi connectivity index (χ2v) is 9.50. The van der Waals surface area contributed by atoms with Gasteiger partial charge in [0, 0.05) is 44.2 Å². The summed E-state index contributed by atoms with van der Waals surface area (Å²) in [6, 6.07) is 18.4. The van der Waals surface area contributed by atoms with Crippen molar-refractivity contribution in [3.63, 3.8) is 0 Å². The number of benzene rings is 2. The standard InChI is InChI=1S/C24H26ClN5OS/c1-2-20-26-24-30(27-20)23(31)22(32-24)21(18-10-6-7-11-19(18)25)29-14-12-28(13-15-29)16-17-8-4-3-5-9-17/h3-11,21,31H,2,12-16H2,1H3/t21-/m1/s1. The van der Waals surface area contributed by atoms with Gasteiger partial charge in [0.2, 0.25) is 10.8 Å². The van der Waals surface area contributed by atoms with Crippen molar-refractivity contribution >= 4 is 27.9 Å². The van der Waals surface area contributed by atoms with Crippen molar-refractivity contribution in [3.8, 4) is 5.88 Å². The number of aryl methyl sites for hydroxylation is 1. The smallest absolute Gasteiger partial charge is 0.230 e. The molecule has 0 unspecified atom stereocenters. The Morgan fingerprint density at radius 2 is 1.75 bits per heavy atom. The highest BCUT2D eigenvalue weighted by Crippen LogP contribution is 2.42. The molecule has 0 bridgehead atoms. The van der Waals surface area contributed by atoms with Crippen molar-refractivity contribution in [1.82, 2.24) is 24.4 Å². The van der Waals surface area contributed by atoms with Gasteiger partial charge in [0.15, 0.2) is 5.82 Å². The molecule has 1 N–H and O–H groups in total. The molecule has 2 aromatic carbocycles. The number of thiazole rings is 1. The lowest BCUT2D eigenvalue weighted by Gasteiger charge is -2.39. The number of rotatable bonds is 6. The van der Waals surface area contributed by atoms with Crippen LogP contribution >= 0.6 is 22.9 Å². The Kier molecular flexibility index (Phi) is 6.15. The average molecular weight is 468 g/mol. The number of nitrogens with zero attached hydrogens (tertiary/aromatic N) is 5. The summed E-state index contributed by atoms with van der Waals surface area (Å²) in [6.45, 7) is 6.65. The molecule has 2 aromatic heterocycles. The van der Waals surface area contributed by atoms with Crippen molar-refractivity contribution in [2.45, 2.75) is 25.9 Å². The van der Waals surface area contributed by atoms with Gasteiger partial charge in [-0.1, -0.05) is 78.4 Å². The Morgan fingerprint density at radius 3 is 2.44 bits per heavy atom. The normalized spacial score (nSPS) is 16.6. The third-order valence-corrected chi connectivity index (χ3v) is 7.45. The number of hydrogen-bond acceptors (Lipinski definition) is 6. The molecule has 5 rings (SSSR count). The monoisotopic (exact) mass is 467 g/mol. The molecule has 6 nitrogen and oxygen atoms in total. The van der Waals surface area contributed by atoms with Crippen LogP contribution in [0.15, 0.2) is 54.6 Å². The van der Waals surface area contributed by atoms with Gasteiger partial charge in [-0.2, -0.15) is 4.52 Å². The van der Waals surface area contributed by atoms with E-state index >= 15 is 0 Å². The third-order valence-electron chi connectivity index (χ3n) is 6.03. The van der Waals surface area contributed by atoms with Gasteiger partial charge in [-0.25, -0.2) is 4.98 Å². The summed E-state index contributed by atoms with van der Waals surface area (Å²) in [7, 11) is 0. The molecule has 1 saturated heterocycles. The van der Waals surface area contributed by atoms with E-state index in [-0.39, 0.29) is 11.9 Å². The van der Waals surface area contributed by atoms with Crippen molar-refractivity contribution < 1.29 is 5.11 Å². The van der Waals surface area contributed by atoms with Crippen molar-refractivity contribution in [2.75, 3.05) is 26.2 Å². The molecule has 0 amide bonds. The van der Waals surface area contributed by atoms with Gasteiger partial charge >= 0.3 is 0 Å². The molecule has 1 aliphatic rings. The van der Waals surface area contributed by atoms with E-state index in [9.17, 15) is 5.11 Å². The molecular weight excluding hydrogens is 442 g/mol. The van der Waals surface area contributed by atoms with Gasteiger partial charge in [0.1, 0.15) is 0 Å². The van der Waals surface area contributed by atoms with Crippen LogP contribution in [0, 0.1) is 0 Å². The molecule has 1 fully saturated rings. The summed E-state index contributed by atoms with van der Waals surface area (Å²) in [5.74, 6) is 0.899. The van der Waals surface area contributed by atoms with Gasteiger partial charge in [0.25, 0.3) is 0 Å². The second kappa shape index (κ2) is 9.19. The number of fused-ring (bicyclic) bond motifs is 1. The lowest BCUT2D eigenvalue weighted by molar-refractivity contribution is 0.105. The molecule has 166 valence electrons. The van der Waals surface area contributed by atoms with E-state index in [0.717, 1.165) is 55.4 Å². The summed E-state index contributed by atoms with van der Waals surface area (Å²) < 4.78 is 1.56. The van der Waals surface area contributed by atoms with Crippen LogP contribution in [0.4, 0.5) is 0 Å². The van der Waals surface area contributed by atoms with Crippen LogP contribution in [-0.2, 0) is 13.0 Å². The molecule has 1 aliphatic heterocycles. The lowest BCUT2D eigenvalue weighted by Crippen LogP contribution is -2.47. The first kappa shape index (κ1) is 21.4. The second-order valence-electron chi connectivity index (χ2n) is 8.09. The zero-order chi connectivity index (χ0) is 22.1. The van der Waals surface area contributed by atoms with E-state index < -0.39 is 0 Å². The van der Waals surface area contributed by atoms with Gasteiger partial charge in [-0.3, -0.25) is 9.80 Å². The van der Waals surface area contributed by atoms with Crippen LogP contribution in [0.3, 0.4) is 0 Å². The first-order chi connectivity index (χ1) is 15.6. The van der Waals surface area contributed by atoms with Gasteiger partial charge in [-0.15, -0.1) is 5.10 Å². The summed E-state index contributed by atoms with van der Waals surface area (Å²) in [6.07, 6.45) is 0.737. The number of hydrogen-bond donors (Lipinski definition) is 1. The van der Waals surface area contributed by atoms with E-state index in [0.29, 0.717) is 9.98 Å². The zero-order valence-electron chi connectivity index (χ0n) is 18.0. The zero-order valence-corrected chi connectivity index (χ0v) is 19.6. The Bertz CT molecular complexity index is 1200. The first-order valence-electron chi connectivity index (χ1n) is 11.0. The van der Waals surface area contributed by atoms with E-state index in [1.54, 1.807) is 4.52 Å². The molecule has 0 radical (unpaired) electrons. The molecule has 4 aromatic rings. The highest BCUT2D eigenvalue weighted by molar-refractivity contribution is 7.17. The maximum absolute atomic E-state index is 11.1. The number of aromatic nitrogens is 3. The fraction of sp³-hybridized carbons (Fsp3) is 0.333. The van der Waals surface area contributed by atoms with E-state index in [1.165, 1.54) is 16.9 Å².